The lowest BCUT2D eigenvalue weighted by atomic mass is 9.90. The smallest absolute Gasteiger partial charge is 0.342 e. The van der Waals surface area contributed by atoms with Crippen LogP contribution in [0.15, 0.2) is 15.5 Å². The van der Waals surface area contributed by atoms with E-state index in [0.29, 0.717) is 0 Å². The van der Waals surface area contributed by atoms with Crippen molar-refractivity contribution in [3.05, 3.63) is 28.0 Å². The van der Waals surface area contributed by atoms with Crippen molar-refractivity contribution in [2.24, 2.45) is 5.92 Å². The molecule has 9 nitrogen and oxygen atoms in total. The van der Waals surface area contributed by atoms with Crippen molar-refractivity contribution in [2.75, 3.05) is 6.61 Å². The molecule has 2 aromatic rings. The molecular weight excluding hydrogens is 352 g/mol. The summed E-state index contributed by atoms with van der Waals surface area (Å²) in [4.78, 5) is 41.3. The highest BCUT2D eigenvalue weighted by Gasteiger charge is 2.30. The van der Waals surface area contributed by atoms with E-state index in [1.807, 2.05) is 13.8 Å². The molecule has 0 fully saturated rings. The van der Waals surface area contributed by atoms with Crippen LogP contribution in [-0.2, 0) is 16.1 Å². The third-order valence-corrected chi connectivity index (χ3v) is 4.43. The SMILES string of the molecule is CCOC(=O)c1c(C)oc2ncn(CC(=O)N[C@@](C)(C#N)C(C)C)c(=O)c12. The Hall–Kier alpha value is -3.15. The predicted octanol–water partition coefficient (Wildman–Crippen LogP) is 1.53. The van der Waals surface area contributed by atoms with Crippen molar-refractivity contribution >= 4 is 23.0 Å². The zero-order valence-electron chi connectivity index (χ0n) is 16.0. The number of aromatic nitrogens is 2. The molecule has 2 heterocycles. The van der Waals surface area contributed by atoms with Crippen LogP contribution in [0.25, 0.3) is 11.1 Å². The van der Waals surface area contributed by atoms with Crippen LogP contribution in [0.1, 0.15) is 43.8 Å². The summed E-state index contributed by atoms with van der Waals surface area (Å²) in [5.74, 6) is -1.12. The number of fused-ring (bicyclic) bond motifs is 1. The van der Waals surface area contributed by atoms with Gasteiger partial charge in [-0.1, -0.05) is 13.8 Å². The number of esters is 1. The summed E-state index contributed by atoms with van der Waals surface area (Å²) in [7, 11) is 0. The molecule has 144 valence electrons. The number of ether oxygens (including phenoxy) is 1. The molecule has 0 aliphatic carbocycles. The van der Waals surface area contributed by atoms with Gasteiger partial charge in [0.15, 0.2) is 0 Å². The summed E-state index contributed by atoms with van der Waals surface area (Å²) in [6.07, 6.45) is 1.17. The Morgan fingerprint density at radius 1 is 1.48 bits per heavy atom. The lowest BCUT2D eigenvalue weighted by Crippen LogP contribution is -2.50. The number of carbonyl (C=O) groups excluding carboxylic acids is 2. The fourth-order valence-electron chi connectivity index (χ4n) is 2.48. The Balaban J connectivity index is 2.41. The fourth-order valence-corrected chi connectivity index (χ4v) is 2.48. The second-order valence-electron chi connectivity index (χ2n) is 6.63. The molecule has 0 radical (unpaired) electrons. The van der Waals surface area contributed by atoms with Gasteiger partial charge in [0.05, 0.1) is 12.7 Å². The zero-order valence-corrected chi connectivity index (χ0v) is 16.0. The summed E-state index contributed by atoms with van der Waals surface area (Å²) in [5.41, 5.74) is -1.66. The van der Waals surface area contributed by atoms with Gasteiger partial charge in [0.2, 0.25) is 11.6 Å². The topological polar surface area (TPSA) is 127 Å². The number of rotatable bonds is 6. The third kappa shape index (κ3) is 3.84. The molecular formula is C18H22N4O5. The van der Waals surface area contributed by atoms with E-state index in [-0.39, 0.29) is 41.5 Å². The first kappa shape index (κ1) is 20.2. The van der Waals surface area contributed by atoms with Gasteiger partial charge in [-0.05, 0) is 26.7 Å². The molecule has 0 aliphatic heterocycles. The normalized spacial score (nSPS) is 13.2. The molecule has 0 aromatic carbocycles. The second-order valence-corrected chi connectivity index (χ2v) is 6.63. The zero-order chi connectivity index (χ0) is 20.4. The van der Waals surface area contributed by atoms with E-state index in [9.17, 15) is 19.6 Å². The van der Waals surface area contributed by atoms with Crippen LogP contribution < -0.4 is 10.9 Å². The molecule has 2 rings (SSSR count). The first-order chi connectivity index (χ1) is 12.6. The van der Waals surface area contributed by atoms with Crippen molar-refractivity contribution in [1.82, 2.24) is 14.9 Å². The van der Waals surface area contributed by atoms with Crippen LogP contribution in [0.4, 0.5) is 0 Å². The molecule has 0 bridgehead atoms. The van der Waals surface area contributed by atoms with Gasteiger partial charge >= 0.3 is 5.97 Å². The predicted molar refractivity (Wildman–Crippen MR) is 96.0 cm³/mol. The Labute approximate surface area is 155 Å². The minimum Gasteiger partial charge on any atom is -0.462 e. The molecule has 0 saturated carbocycles. The highest BCUT2D eigenvalue weighted by molar-refractivity contribution is 6.03. The number of nitrogens with one attached hydrogen (secondary N) is 1. The molecule has 9 heteroatoms. The van der Waals surface area contributed by atoms with Gasteiger partial charge in [0.25, 0.3) is 5.56 Å². The summed E-state index contributed by atoms with van der Waals surface area (Å²) in [6.45, 7) is 8.20. The molecule has 0 saturated heterocycles. The maximum atomic E-state index is 12.8. The van der Waals surface area contributed by atoms with Crippen molar-refractivity contribution < 1.29 is 18.7 Å². The third-order valence-electron chi connectivity index (χ3n) is 4.43. The van der Waals surface area contributed by atoms with Gasteiger partial charge in [0, 0.05) is 0 Å². The Morgan fingerprint density at radius 3 is 2.70 bits per heavy atom. The van der Waals surface area contributed by atoms with Crippen molar-refractivity contribution in [3.8, 4) is 6.07 Å². The standard InChI is InChI=1S/C18H22N4O5/c1-6-26-17(25)13-11(4)27-15-14(13)16(24)22(9-20-15)7-12(23)21-18(5,8-19)10(2)3/h9-10H,6-7H2,1-5H3,(H,21,23)/t18-/m0/s1. The average Bonchev–Trinajstić information content (AvgIpc) is 2.94. The number of hydrogen-bond acceptors (Lipinski definition) is 7. The summed E-state index contributed by atoms with van der Waals surface area (Å²) >= 11 is 0. The van der Waals surface area contributed by atoms with Crippen LogP contribution in [0.3, 0.4) is 0 Å². The number of furan rings is 1. The van der Waals surface area contributed by atoms with Crippen molar-refractivity contribution in [2.45, 2.75) is 46.7 Å². The van der Waals surface area contributed by atoms with Crippen LogP contribution in [0, 0.1) is 24.2 Å². The lowest BCUT2D eigenvalue weighted by Gasteiger charge is -2.27. The molecule has 2 aromatic heterocycles. The quantitative estimate of drug-likeness (QED) is 0.759. The first-order valence-electron chi connectivity index (χ1n) is 8.52. The van der Waals surface area contributed by atoms with Gasteiger partial charge in [-0.25, -0.2) is 9.78 Å². The van der Waals surface area contributed by atoms with E-state index in [2.05, 4.69) is 16.4 Å². The molecule has 0 unspecified atom stereocenters. The number of carbonyl (C=O) groups is 2. The number of nitriles is 1. The van der Waals surface area contributed by atoms with Crippen LogP contribution in [0.5, 0.6) is 0 Å². The van der Waals surface area contributed by atoms with Gasteiger partial charge in [0.1, 0.15) is 35.1 Å². The number of hydrogen-bond donors (Lipinski definition) is 1. The summed E-state index contributed by atoms with van der Waals surface area (Å²) in [5, 5.41) is 11.9. The molecule has 1 atom stereocenters. The molecule has 0 aliphatic rings. The highest BCUT2D eigenvalue weighted by Crippen LogP contribution is 2.21. The largest absolute Gasteiger partial charge is 0.462 e. The number of amides is 1. The Kier molecular flexibility index (Phi) is 5.69. The number of nitrogens with zero attached hydrogens (tertiary/aromatic N) is 3. The van der Waals surface area contributed by atoms with Crippen molar-refractivity contribution in [3.63, 3.8) is 0 Å². The van der Waals surface area contributed by atoms with Gasteiger partial charge in [-0.2, -0.15) is 5.26 Å². The Bertz CT molecular complexity index is 982. The molecule has 1 N–H and O–H groups in total. The van der Waals surface area contributed by atoms with E-state index in [1.165, 1.54) is 13.3 Å². The lowest BCUT2D eigenvalue weighted by molar-refractivity contribution is -0.123. The van der Waals surface area contributed by atoms with Gasteiger partial charge in [-0.3, -0.25) is 14.2 Å². The molecule has 0 spiro atoms. The minimum atomic E-state index is -1.07. The number of aryl methyl sites for hydroxylation is 1. The summed E-state index contributed by atoms with van der Waals surface area (Å²) in [6, 6.07) is 2.07. The first-order valence-corrected chi connectivity index (χ1v) is 8.52. The van der Waals surface area contributed by atoms with E-state index < -0.39 is 23.0 Å². The maximum Gasteiger partial charge on any atom is 0.342 e. The highest BCUT2D eigenvalue weighted by atomic mass is 16.5. The summed E-state index contributed by atoms with van der Waals surface area (Å²) < 4.78 is 11.4. The maximum absolute atomic E-state index is 12.8. The van der Waals surface area contributed by atoms with Gasteiger partial charge in [-0.15, -0.1) is 0 Å². The van der Waals surface area contributed by atoms with Crippen molar-refractivity contribution in [1.29, 1.82) is 5.26 Å². The molecule has 1 amide bonds. The van der Waals surface area contributed by atoms with E-state index in [1.54, 1.807) is 13.8 Å². The van der Waals surface area contributed by atoms with Gasteiger partial charge < -0.3 is 14.5 Å². The monoisotopic (exact) mass is 374 g/mol. The van der Waals surface area contributed by atoms with E-state index in [0.717, 1.165) is 4.57 Å². The minimum absolute atomic E-state index is 0.00116. The van der Waals surface area contributed by atoms with Crippen LogP contribution in [0.2, 0.25) is 0 Å². The second kappa shape index (κ2) is 7.61. The molecule has 27 heavy (non-hydrogen) atoms. The Morgan fingerprint density at radius 2 is 2.15 bits per heavy atom. The fraction of sp³-hybridized carbons (Fsp3) is 0.500. The average molecular weight is 374 g/mol. The van der Waals surface area contributed by atoms with Crippen LogP contribution >= 0.6 is 0 Å². The van der Waals surface area contributed by atoms with Crippen LogP contribution in [-0.4, -0.2) is 33.6 Å². The van der Waals surface area contributed by atoms with E-state index >= 15 is 0 Å². The van der Waals surface area contributed by atoms with E-state index in [4.69, 9.17) is 9.15 Å².